The van der Waals surface area contributed by atoms with Crippen LogP contribution in [0.4, 0.5) is 0 Å². The Morgan fingerprint density at radius 1 is 0.538 bits per heavy atom. The first kappa shape index (κ1) is 29.3. The van der Waals surface area contributed by atoms with Gasteiger partial charge in [0.2, 0.25) is 0 Å². The van der Waals surface area contributed by atoms with Gasteiger partial charge >= 0.3 is 0 Å². The van der Waals surface area contributed by atoms with Crippen LogP contribution in [0.5, 0.6) is 0 Å². The van der Waals surface area contributed by atoms with Gasteiger partial charge in [0.15, 0.2) is 0 Å². The smallest absolute Gasteiger partial charge is 0.0311 e. The molecule has 0 aromatic heterocycles. The van der Waals surface area contributed by atoms with Crippen molar-refractivity contribution in [3.63, 3.8) is 0 Å². The minimum Gasteiger partial charge on any atom is -0.759 e. The van der Waals surface area contributed by atoms with Crippen LogP contribution in [0, 0.1) is 0 Å². The molecular formula is Ga3O8S2-4. The molecule has 13 heteroatoms. The summed E-state index contributed by atoms with van der Waals surface area (Å²) in [5, 5.41) is 0. The van der Waals surface area contributed by atoms with Crippen LogP contribution in [0.15, 0.2) is 0 Å². The predicted molar refractivity (Wildman–Crippen MR) is 38.2 cm³/mol. The van der Waals surface area contributed by atoms with Gasteiger partial charge in [-0.05, 0) is 0 Å². The Labute approximate surface area is 114 Å². The molecule has 0 bridgehead atoms. The van der Waals surface area contributed by atoms with E-state index in [4.69, 9.17) is 35.0 Å². The van der Waals surface area contributed by atoms with Crippen molar-refractivity contribution in [2.75, 3.05) is 0 Å². The third-order valence-electron chi connectivity index (χ3n) is 0. The number of rotatable bonds is 0. The molecule has 0 rings (SSSR count). The van der Waals surface area contributed by atoms with Crippen LogP contribution < -0.4 is 0 Å². The summed E-state index contributed by atoms with van der Waals surface area (Å²) in [6.07, 6.45) is 0. The van der Waals surface area contributed by atoms with Crippen LogP contribution in [0.25, 0.3) is 0 Å². The molecule has 0 aromatic rings. The van der Waals surface area contributed by atoms with Crippen molar-refractivity contribution >= 4 is 80.2 Å². The quantitative estimate of drug-likeness (QED) is 0.227. The molecule has 0 heterocycles. The summed E-state index contributed by atoms with van der Waals surface area (Å²) < 4.78 is 68.2. The summed E-state index contributed by atoms with van der Waals surface area (Å²) in [6.45, 7) is 0. The Balaban J connectivity index is -0.0000000267. The van der Waals surface area contributed by atoms with E-state index in [1.807, 2.05) is 0 Å². The molecule has 0 atom stereocenters. The summed E-state index contributed by atoms with van der Waals surface area (Å²) in [5.74, 6) is 0. The van der Waals surface area contributed by atoms with Gasteiger partial charge in [0, 0.05) is 80.2 Å². The van der Waals surface area contributed by atoms with Crippen LogP contribution in [0.1, 0.15) is 0 Å². The van der Waals surface area contributed by atoms with E-state index in [1.165, 1.54) is 0 Å². The van der Waals surface area contributed by atoms with Gasteiger partial charge in [-0.1, -0.05) is 0 Å². The number of hydrogen-bond acceptors (Lipinski definition) is 8. The van der Waals surface area contributed by atoms with Gasteiger partial charge in [0.25, 0.3) is 0 Å². The number of hydrogen-bond donors (Lipinski definition) is 0. The Bertz CT molecular complexity index is 214. The predicted octanol–water partition coefficient (Wildman–Crippen LogP) is -3.82. The molecule has 0 aliphatic heterocycles. The Hall–Kier alpha value is 1.65. The van der Waals surface area contributed by atoms with Gasteiger partial charge in [0.05, 0.1) is 0 Å². The van der Waals surface area contributed by atoms with Crippen LogP contribution in [-0.4, -0.2) is 94.4 Å². The summed E-state index contributed by atoms with van der Waals surface area (Å²) in [6, 6.07) is 0. The normalized spacial score (nSPS) is 8.92. The molecule has 13 heavy (non-hydrogen) atoms. The minimum atomic E-state index is -5.17. The zero-order chi connectivity index (χ0) is 9.00. The van der Waals surface area contributed by atoms with Gasteiger partial charge < -0.3 is 18.2 Å². The van der Waals surface area contributed by atoms with Crippen molar-refractivity contribution in [1.82, 2.24) is 0 Å². The van der Waals surface area contributed by atoms with Crippen molar-refractivity contribution in [1.29, 1.82) is 0 Å². The molecule has 0 aromatic carbocycles. The van der Waals surface area contributed by atoms with Crippen LogP contribution in [-0.2, 0) is 20.8 Å². The zero-order valence-electron chi connectivity index (χ0n) is 5.81. The molecule has 9 radical (unpaired) electrons. The Morgan fingerprint density at radius 3 is 0.538 bits per heavy atom. The average molecular weight is 401 g/mol. The van der Waals surface area contributed by atoms with E-state index in [0.717, 1.165) is 0 Å². The van der Waals surface area contributed by atoms with Crippen molar-refractivity contribution in [3.8, 4) is 0 Å². The van der Waals surface area contributed by atoms with Crippen molar-refractivity contribution < 1.29 is 35.0 Å². The van der Waals surface area contributed by atoms with Gasteiger partial charge in [-0.25, -0.2) is 0 Å². The van der Waals surface area contributed by atoms with E-state index in [1.54, 1.807) is 0 Å². The molecule has 0 N–H and O–H groups in total. The third-order valence-corrected chi connectivity index (χ3v) is 0. The Kier molecular flexibility index (Phi) is 26.4. The Morgan fingerprint density at radius 2 is 0.538 bits per heavy atom. The zero-order valence-corrected chi connectivity index (χ0v) is 14.7. The topological polar surface area (TPSA) is 161 Å². The summed E-state index contributed by atoms with van der Waals surface area (Å²) in [5.41, 5.74) is 0. The van der Waals surface area contributed by atoms with Gasteiger partial charge in [-0.3, -0.25) is 16.8 Å². The molecule has 0 fully saturated rings. The second kappa shape index (κ2) is 11.7. The molecule has 0 amide bonds. The second-order valence-corrected chi connectivity index (χ2v) is 2.45. The van der Waals surface area contributed by atoms with E-state index < -0.39 is 20.8 Å². The first-order valence-corrected chi connectivity index (χ1v) is 4.00. The maximum Gasteiger partial charge on any atom is 0.0311 e. The molecule has 0 saturated heterocycles. The summed E-state index contributed by atoms with van der Waals surface area (Å²) in [7, 11) is -10.3. The van der Waals surface area contributed by atoms with E-state index in [-0.39, 0.29) is 59.4 Å². The fourth-order valence-electron chi connectivity index (χ4n) is 0. The largest absolute Gasteiger partial charge is 0.759 e. The maximum atomic E-state index is 8.52. The molecule has 0 aliphatic carbocycles. The fourth-order valence-corrected chi connectivity index (χ4v) is 0. The third kappa shape index (κ3) is 681. The summed E-state index contributed by atoms with van der Waals surface area (Å²) >= 11 is 0. The van der Waals surface area contributed by atoms with Crippen LogP contribution in [0.2, 0.25) is 0 Å². The second-order valence-electron chi connectivity index (χ2n) is 0.816. The molecule has 0 unspecified atom stereocenters. The van der Waals surface area contributed by atoms with E-state index >= 15 is 0 Å². The molecule has 73 valence electrons. The van der Waals surface area contributed by atoms with Gasteiger partial charge in [-0.2, -0.15) is 0 Å². The monoisotopic (exact) mass is 399 g/mol. The first-order chi connectivity index (χ1) is 4.00. The van der Waals surface area contributed by atoms with E-state index in [0.29, 0.717) is 0 Å². The van der Waals surface area contributed by atoms with E-state index in [9.17, 15) is 0 Å². The molecule has 0 aliphatic rings. The van der Waals surface area contributed by atoms with Crippen LogP contribution >= 0.6 is 0 Å². The standard InChI is InChI=1S/3Ga.2H2O4S/c;;;2*1-5(2,3)4/h;;;2*(H2,1,2,3,4)/p-4. The SMILES string of the molecule is O=S(=O)([O-])[O-].O=S(=O)([O-])[O-].[Ga].[Ga].[Ga]. The van der Waals surface area contributed by atoms with Crippen molar-refractivity contribution in [2.24, 2.45) is 0 Å². The molecule has 0 saturated carbocycles. The average Bonchev–Trinajstić information content (AvgIpc) is 1.12. The first-order valence-electron chi connectivity index (χ1n) is 1.33. The molecule has 8 nitrogen and oxygen atoms in total. The van der Waals surface area contributed by atoms with Crippen LogP contribution in [0.3, 0.4) is 0 Å². The van der Waals surface area contributed by atoms with Crippen molar-refractivity contribution in [3.05, 3.63) is 0 Å². The summed E-state index contributed by atoms with van der Waals surface area (Å²) in [4.78, 5) is 0. The molecular weight excluding hydrogens is 401 g/mol. The van der Waals surface area contributed by atoms with Gasteiger partial charge in [-0.15, -0.1) is 0 Å². The van der Waals surface area contributed by atoms with Gasteiger partial charge in [0.1, 0.15) is 0 Å². The van der Waals surface area contributed by atoms with E-state index in [2.05, 4.69) is 0 Å². The maximum absolute atomic E-state index is 8.52. The fraction of sp³-hybridized carbons (Fsp3) is 0. The molecule has 0 spiro atoms. The van der Waals surface area contributed by atoms with Crippen molar-refractivity contribution in [2.45, 2.75) is 0 Å². The minimum absolute atomic E-state index is 0.